The van der Waals surface area contributed by atoms with Crippen LogP contribution in [-0.2, 0) is 50.3 Å². The van der Waals surface area contributed by atoms with Crippen LogP contribution in [0.5, 0.6) is 17.2 Å². The minimum Gasteiger partial charge on any atom is -0.489 e. The Morgan fingerprint density at radius 3 is 2.29 bits per heavy atom. The van der Waals surface area contributed by atoms with Crippen molar-refractivity contribution >= 4 is 61.6 Å². The van der Waals surface area contributed by atoms with Crippen molar-refractivity contribution in [2.45, 2.75) is 56.1 Å². The summed E-state index contributed by atoms with van der Waals surface area (Å²) in [6.07, 6.45) is -0.460. The van der Waals surface area contributed by atoms with Crippen LogP contribution in [0.3, 0.4) is 0 Å². The van der Waals surface area contributed by atoms with Crippen molar-refractivity contribution in [3.63, 3.8) is 0 Å². The van der Waals surface area contributed by atoms with Crippen LogP contribution < -0.4 is 25.3 Å². The first-order chi connectivity index (χ1) is 30.3. The Kier molecular flexibility index (Phi) is 12.6. The fourth-order valence-corrected chi connectivity index (χ4v) is 10.5. The Balaban J connectivity index is 1.02. The molecular formula is C46H39Cl2N5O8S2. The van der Waals surface area contributed by atoms with Crippen molar-refractivity contribution < 1.29 is 37.0 Å². The predicted molar refractivity (Wildman–Crippen MR) is 238 cm³/mol. The zero-order valence-electron chi connectivity index (χ0n) is 33.8. The molecule has 63 heavy (non-hydrogen) atoms. The number of amides is 1. The first-order valence-corrected chi connectivity index (χ1v) is 22.6. The summed E-state index contributed by atoms with van der Waals surface area (Å²) in [5.74, 6) is 0.0971. The maximum absolute atomic E-state index is 14.5. The maximum Gasteiger partial charge on any atom is 0.328 e. The number of nitrogen functional groups attached to an aromatic ring is 1. The number of sulfonamides is 1. The number of aromatic nitrogens is 1. The van der Waals surface area contributed by atoms with Gasteiger partial charge in [-0.25, -0.2) is 18.2 Å². The zero-order valence-corrected chi connectivity index (χ0v) is 37.0. The van der Waals surface area contributed by atoms with E-state index in [0.29, 0.717) is 55.5 Å². The van der Waals surface area contributed by atoms with Gasteiger partial charge in [-0.2, -0.15) is 9.57 Å². The molecule has 1 aromatic heterocycles. The van der Waals surface area contributed by atoms with Gasteiger partial charge in [0, 0.05) is 17.8 Å². The molecule has 0 fully saturated rings. The summed E-state index contributed by atoms with van der Waals surface area (Å²) in [6, 6.07) is 30.5. The molecular weight excluding hydrogens is 886 g/mol. The number of nitriles is 1. The van der Waals surface area contributed by atoms with Crippen molar-refractivity contribution in [2.24, 2.45) is 0 Å². The zero-order chi connectivity index (χ0) is 44.4. The minimum atomic E-state index is -4.41. The highest BCUT2D eigenvalue weighted by Crippen LogP contribution is 2.42. The summed E-state index contributed by atoms with van der Waals surface area (Å²) in [4.78, 5) is 32.1. The van der Waals surface area contributed by atoms with Crippen molar-refractivity contribution in [3.05, 3.63) is 151 Å². The summed E-state index contributed by atoms with van der Waals surface area (Å²) in [5, 5.41) is 12.7. The van der Waals surface area contributed by atoms with Crippen molar-refractivity contribution in [3.8, 4) is 34.4 Å². The molecule has 3 heterocycles. The Hall–Kier alpha value is -6.15. The number of benzene rings is 5. The number of methoxy groups -OCH3 is 1. The fourth-order valence-electron chi connectivity index (χ4n) is 7.50. The number of esters is 1. The average molecular weight is 925 g/mol. The number of nitrogens with two attached hydrogens (primary N) is 1. The van der Waals surface area contributed by atoms with Gasteiger partial charge in [-0.15, -0.1) is 11.3 Å². The van der Waals surface area contributed by atoms with Crippen molar-refractivity contribution in [2.75, 3.05) is 19.5 Å². The number of hydrogen-bond acceptors (Lipinski definition) is 12. The lowest BCUT2D eigenvalue weighted by Crippen LogP contribution is -2.56. The van der Waals surface area contributed by atoms with Gasteiger partial charge in [0.1, 0.15) is 31.0 Å². The van der Waals surface area contributed by atoms with E-state index in [4.69, 9.17) is 53.1 Å². The second-order valence-corrected chi connectivity index (χ2v) is 18.8. The average Bonchev–Trinajstić information content (AvgIpc) is 3.65. The lowest BCUT2D eigenvalue weighted by Gasteiger charge is -2.36. The number of ether oxygens (including phenoxy) is 4. The molecule has 5 aromatic carbocycles. The molecule has 17 heteroatoms. The van der Waals surface area contributed by atoms with E-state index in [1.165, 1.54) is 7.11 Å². The summed E-state index contributed by atoms with van der Waals surface area (Å²) < 4.78 is 53.7. The van der Waals surface area contributed by atoms with Gasteiger partial charge in [0.2, 0.25) is 5.91 Å². The summed E-state index contributed by atoms with van der Waals surface area (Å²) in [5.41, 5.74) is 12.0. The molecule has 0 bridgehead atoms. The molecule has 3 N–H and O–H groups in total. The van der Waals surface area contributed by atoms with Crippen LogP contribution in [0.1, 0.15) is 44.4 Å². The molecule has 0 saturated heterocycles. The SMILES string of the molecule is COC(=O)[C@H](Cc1ccc(-c2ccc(C#N)cc2)cc1)NC(=O)C1Cc2cc3c(cc2CN1S(=O)(=O)c1nc(N)sc1C)O[C@@H](c1ccc(OCc2ccc(Cl)c(Cl)c2)cc1)CO3. The lowest BCUT2D eigenvalue weighted by atomic mass is 9.93. The lowest BCUT2D eigenvalue weighted by molar-refractivity contribution is -0.145. The number of anilines is 1. The monoisotopic (exact) mass is 923 g/mol. The van der Waals surface area contributed by atoms with E-state index in [1.54, 1.807) is 43.3 Å². The van der Waals surface area contributed by atoms with Crippen LogP contribution in [0.4, 0.5) is 5.13 Å². The topological polar surface area (TPSA) is 183 Å². The number of carbonyl (C=O) groups is 2. The van der Waals surface area contributed by atoms with Crippen LogP contribution >= 0.6 is 34.5 Å². The van der Waals surface area contributed by atoms with E-state index >= 15 is 0 Å². The van der Waals surface area contributed by atoms with Gasteiger partial charge in [-0.05, 0) is 101 Å². The van der Waals surface area contributed by atoms with Crippen LogP contribution in [0.2, 0.25) is 10.0 Å². The van der Waals surface area contributed by atoms with E-state index in [9.17, 15) is 18.0 Å². The Labute approximate surface area is 377 Å². The van der Waals surface area contributed by atoms with Gasteiger partial charge < -0.3 is 30.0 Å². The van der Waals surface area contributed by atoms with Gasteiger partial charge in [-0.1, -0.05) is 77.8 Å². The second-order valence-electron chi connectivity index (χ2n) is 14.9. The van der Waals surface area contributed by atoms with E-state index in [2.05, 4.69) is 16.4 Å². The van der Waals surface area contributed by atoms with E-state index in [1.807, 2.05) is 66.7 Å². The summed E-state index contributed by atoms with van der Waals surface area (Å²) in [7, 11) is -3.19. The minimum absolute atomic E-state index is 0.0456. The second kappa shape index (κ2) is 18.3. The quantitative estimate of drug-likeness (QED) is 0.114. The molecule has 0 saturated carbocycles. The molecule has 13 nitrogen and oxygen atoms in total. The summed E-state index contributed by atoms with van der Waals surface area (Å²) >= 11 is 13.2. The number of nitrogens with one attached hydrogen (secondary N) is 1. The number of fused-ring (bicyclic) bond motifs is 2. The van der Waals surface area contributed by atoms with Crippen LogP contribution in [-0.4, -0.2) is 55.4 Å². The standard InChI is InChI=1S/C46H39Cl2N5O8S2/c1-26-44(52-46(50)62-26)63(56,57)53-23-34-21-41-40(60-25-42(61-41)32-12-14-35(15-13-32)59-24-29-7-16-36(47)37(48)17-29)20-33(34)19-39(53)43(54)51-38(45(55)58-2)18-27-3-8-30(9-4-27)31-10-5-28(22-49)6-11-31/h3-17,20-21,38-39,42H,18-19,23-25H2,1-2H3,(H2,50,52)(H,51,54)/t38-,39?,42+/m0/s1. The number of aryl methyl sites for hydroxylation is 1. The number of halogens is 2. The smallest absolute Gasteiger partial charge is 0.328 e. The number of hydrogen-bond donors (Lipinski definition) is 2. The molecule has 2 aliphatic rings. The van der Waals surface area contributed by atoms with E-state index in [0.717, 1.165) is 43.5 Å². The summed E-state index contributed by atoms with van der Waals surface area (Å²) in [6.45, 7) is 1.88. The van der Waals surface area contributed by atoms with E-state index < -0.39 is 40.1 Å². The van der Waals surface area contributed by atoms with Gasteiger partial charge in [0.05, 0.1) is 28.8 Å². The van der Waals surface area contributed by atoms with Gasteiger partial charge in [-0.3, -0.25) is 4.79 Å². The molecule has 0 radical (unpaired) electrons. The molecule has 3 atom stereocenters. The molecule has 322 valence electrons. The number of thiazole rings is 1. The Morgan fingerprint density at radius 2 is 1.63 bits per heavy atom. The third-order valence-electron chi connectivity index (χ3n) is 10.8. The van der Waals surface area contributed by atoms with Crippen molar-refractivity contribution in [1.82, 2.24) is 14.6 Å². The van der Waals surface area contributed by atoms with Crippen LogP contribution in [0.15, 0.2) is 108 Å². The highest BCUT2D eigenvalue weighted by Gasteiger charge is 2.43. The molecule has 0 aliphatic carbocycles. The normalized spacial score (nSPS) is 16.3. The van der Waals surface area contributed by atoms with Gasteiger partial charge in [0.25, 0.3) is 10.0 Å². The van der Waals surface area contributed by atoms with Crippen LogP contribution in [0.25, 0.3) is 11.1 Å². The molecule has 1 unspecified atom stereocenters. The number of nitrogens with zero attached hydrogens (tertiary/aromatic N) is 3. The number of rotatable bonds is 12. The molecule has 1 amide bonds. The molecule has 0 spiro atoms. The third kappa shape index (κ3) is 9.46. The fraction of sp³-hybridized carbons (Fsp3) is 0.217. The van der Waals surface area contributed by atoms with Crippen LogP contribution in [0, 0.1) is 18.3 Å². The Morgan fingerprint density at radius 1 is 0.952 bits per heavy atom. The first-order valence-electron chi connectivity index (χ1n) is 19.6. The number of carbonyl (C=O) groups excluding carboxylic acids is 2. The first kappa shape index (κ1) is 43.5. The molecule has 2 aliphatic heterocycles. The third-order valence-corrected chi connectivity index (χ3v) is 14.4. The molecule has 6 aromatic rings. The highest BCUT2D eigenvalue weighted by atomic mass is 35.5. The largest absolute Gasteiger partial charge is 0.489 e. The highest BCUT2D eigenvalue weighted by molar-refractivity contribution is 7.89. The predicted octanol–water partition coefficient (Wildman–Crippen LogP) is 7.99. The van der Waals surface area contributed by atoms with E-state index in [-0.39, 0.29) is 36.2 Å². The van der Waals surface area contributed by atoms with Gasteiger partial charge >= 0.3 is 5.97 Å². The maximum atomic E-state index is 14.5. The molecule has 8 rings (SSSR count). The van der Waals surface area contributed by atoms with Gasteiger partial charge in [0.15, 0.2) is 27.8 Å². The van der Waals surface area contributed by atoms with Crippen molar-refractivity contribution in [1.29, 1.82) is 5.26 Å². The Bertz CT molecular complexity index is 2850.